The Morgan fingerprint density at radius 3 is 2.74 bits per heavy atom. The summed E-state index contributed by atoms with van der Waals surface area (Å²) in [6.45, 7) is 4.42. The molecule has 3 rings (SSSR count). The molecule has 1 aromatic heterocycles. The van der Waals surface area contributed by atoms with Crippen molar-refractivity contribution in [1.29, 1.82) is 0 Å². The fourth-order valence-corrected chi connectivity index (χ4v) is 3.48. The van der Waals surface area contributed by atoms with E-state index in [-0.39, 0.29) is 47.7 Å². The van der Waals surface area contributed by atoms with Crippen LogP contribution in [0.4, 0.5) is 17.5 Å². The number of nitrogens with one attached hydrogen (secondary N) is 2. The highest BCUT2D eigenvalue weighted by atomic mass is 16.5. The lowest BCUT2D eigenvalue weighted by Gasteiger charge is -2.24. The molecule has 2 atom stereocenters. The number of rotatable bonds is 10. The number of carbonyl (C=O) groups is 2. The first-order chi connectivity index (χ1) is 16.3. The van der Waals surface area contributed by atoms with Crippen LogP contribution in [0.1, 0.15) is 5.56 Å². The first kappa shape index (κ1) is 24.6. The van der Waals surface area contributed by atoms with Crippen LogP contribution in [0.3, 0.4) is 0 Å². The number of benzene rings is 1. The second kappa shape index (κ2) is 10.7. The number of aromatic nitrogens is 2. The molecule has 1 aromatic carbocycles. The number of hydrogen-bond donors (Lipinski definition) is 4. The Hall–Kier alpha value is -4.06. The number of methoxy groups -OCH3 is 1. The monoisotopic (exact) mass is 472 g/mol. The van der Waals surface area contributed by atoms with Gasteiger partial charge in [0.2, 0.25) is 24.0 Å². The summed E-state index contributed by atoms with van der Waals surface area (Å²) in [5, 5.41) is 25.8. The van der Waals surface area contributed by atoms with Gasteiger partial charge in [0, 0.05) is 50.2 Å². The zero-order valence-electron chi connectivity index (χ0n) is 19.2. The molecule has 1 fully saturated rings. The molecule has 1 saturated heterocycles. The summed E-state index contributed by atoms with van der Waals surface area (Å²) in [6, 6.07) is 2.42. The van der Waals surface area contributed by atoms with Crippen LogP contribution in [-0.2, 0) is 20.9 Å². The lowest BCUT2D eigenvalue weighted by molar-refractivity contribution is -0.117. The Kier molecular flexibility index (Phi) is 7.74. The van der Waals surface area contributed by atoms with E-state index >= 15 is 0 Å². The van der Waals surface area contributed by atoms with Crippen molar-refractivity contribution in [1.82, 2.24) is 15.3 Å². The number of anilines is 3. The van der Waals surface area contributed by atoms with Crippen LogP contribution in [0.15, 0.2) is 31.0 Å². The predicted octanol–water partition coefficient (Wildman–Crippen LogP) is 0.607. The van der Waals surface area contributed by atoms with Crippen molar-refractivity contribution >= 4 is 29.8 Å². The number of carbonyl (C=O) groups excluding carboxylic acids is 2. The Bertz CT molecular complexity index is 1060. The molecule has 0 aliphatic carbocycles. The van der Waals surface area contributed by atoms with E-state index < -0.39 is 0 Å². The van der Waals surface area contributed by atoms with Crippen molar-refractivity contribution < 1.29 is 29.3 Å². The minimum absolute atomic E-state index is 0.125. The quantitative estimate of drug-likeness (QED) is 0.220. The molecule has 2 amide bonds. The number of ether oxygens (including phenoxy) is 2. The molecule has 12 heteroatoms. The molecule has 0 radical (unpaired) electrons. The Morgan fingerprint density at radius 1 is 1.32 bits per heavy atom. The number of hydrogen-bond acceptors (Lipinski definition) is 10. The van der Waals surface area contributed by atoms with Crippen molar-refractivity contribution in [3.05, 3.63) is 36.5 Å². The number of phenols is 2. The van der Waals surface area contributed by atoms with Gasteiger partial charge in [-0.05, 0) is 6.08 Å². The molecule has 34 heavy (non-hydrogen) atoms. The van der Waals surface area contributed by atoms with E-state index in [4.69, 9.17) is 9.47 Å². The molecule has 4 N–H and O–H groups in total. The molecule has 0 spiro atoms. The number of phenolic OH excluding ortho intramolecular Hbond substituents is 2. The molecule has 2 heterocycles. The van der Waals surface area contributed by atoms with Crippen LogP contribution in [0, 0.1) is 0 Å². The highest BCUT2D eigenvalue weighted by Crippen LogP contribution is 2.39. The zero-order chi connectivity index (χ0) is 24.8. The molecule has 182 valence electrons. The summed E-state index contributed by atoms with van der Waals surface area (Å²) in [5.41, 5.74) is 1.20. The summed E-state index contributed by atoms with van der Waals surface area (Å²) < 4.78 is 10.6. The molecule has 0 saturated carbocycles. The van der Waals surface area contributed by atoms with Crippen molar-refractivity contribution in [3.63, 3.8) is 0 Å². The van der Waals surface area contributed by atoms with Gasteiger partial charge < -0.3 is 40.1 Å². The molecule has 1 aliphatic heterocycles. The van der Waals surface area contributed by atoms with Gasteiger partial charge in [-0.25, -0.2) is 4.98 Å². The maximum atomic E-state index is 11.7. The van der Waals surface area contributed by atoms with E-state index in [1.807, 2.05) is 0 Å². The predicted molar refractivity (Wildman–Crippen MR) is 125 cm³/mol. The first-order valence-corrected chi connectivity index (χ1v) is 10.4. The van der Waals surface area contributed by atoms with Gasteiger partial charge in [-0.1, -0.05) is 6.58 Å². The Labute approximate surface area is 196 Å². The van der Waals surface area contributed by atoms with Gasteiger partial charge in [-0.3, -0.25) is 9.59 Å². The van der Waals surface area contributed by atoms with E-state index in [1.54, 1.807) is 31.3 Å². The van der Waals surface area contributed by atoms with E-state index in [9.17, 15) is 19.8 Å². The largest absolute Gasteiger partial charge is 0.504 e. The average molecular weight is 473 g/mol. The summed E-state index contributed by atoms with van der Waals surface area (Å²) in [5.74, 6) is -0.204. The van der Waals surface area contributed by atoms with Crippen LogP contribution in [-0.4, -0.2) is 79.0 Å². The normalized spacial score (nSPS) is 17.0. The molecule has 2 unspecified atom stereocenters. The lowest BCUT2D eigenvalue weighted by Crippen LogP contribution is -2.45. The maximum absolute atomic E-state index is 11.7. The van der Waals surface area contributed by atoms with Crippen LogP contribution in [0.5, 0.6) is 17.2 Å². The number of nitrogens with zero attached hydrogens (tertiary/aromatic N) is 4. The smallest absolute Gasteiger partial charge is 0.243 e. The standard InChI is InChI=1S/C22H28N6O6/c1-5-19(31)24-15-10-34-11-16(15)25-22-23-8-13(21(26-22)28(3)12-29)9-27(2)14-6-17(30)20(32)18(7-14)33-4/h5-8,12,15-16,30,32H,1,9-11H2,2-4H3,(H,24,31)(H,23,25,26). The third kappa shape index (κ3) is 5.46. The van der Waals surface area contributed by atoms with Crippen molar-refractivity contribution in [2.75, 3.05) is 49.5 Å². The van der Waals surface area contributed by atoms with Crippen LogP contribution >= 0.6 is 0 Å². The Morgan fingerprint density at radius 2 is 2.06 bits per heavy atom. The third-order valence-corrected chi connectivity index (χ3v) is 5.35. The van der Waals surface area contributed by atoms with Crippen LogP contribution < -0.4 is 25.2 Å². The molecule has 2 aromatic rings. The van der Waals surface area contributed by atoms with Crippen LogP contribution in [0.25, 0.3) is 0 Å². The lowest BCUT2D eigenvalue weighted by atomic mass is 10.1. The fraction of sp³-hybridized carbons (Fsp3) is 0.364. The third-order valence-electron chi connectivity index (χ3n) is 5.35. The zero-order valence-corrected chi connectivity index (χ0v) is 19.2. The van der Waals surface area contributed by atoms with Gasteiger partial charge in [-0.15, -0.1) is 0 Å². The van der Waals surface area contributed by atoms with Gasteiger partial charge in [-0.2, -0.15) is 4.98 Å². The number of amides is 2. The van der Waals surface area contributed by atoms with E-state index in [1.165, 1.54) is 24.2 Å². The first-order valence-electron chi connectivity index (χ1n) is 10.4. The van der Waals surface area contributed by atoms with Gasteiger partial charge in [0.15, 0.2) is 11.5 Å². The maximum Gasteiger partial charge on any atom is 0.243 e. The summed E-state index contributed by atoms with van der Waals surface area (Å²) in [4.78, 5) is 35.2. The fourth-order valence-electron chi connectivity index (χ4n) is 3.48. The van der Waals surface area contributed by atoms with Crippen molar-refractivity contribution in [2.24, 2.45) is 0 Å². The highest BCUT2D eigenvalue weighted by molar-refractivity contribution is 5.87. The second-order valence-electron chi connectivity index (χ2n) is 7.74. The Balaban J connectivity index is 1.82. The minimum atomic E-state index is -0.349. The minimum Gasteiger partial charge on any atom is -0.504 e. The number of aromatic hydroxyl groups is 2. The van der Waals surface area contributed by atoms with E-state index in [0.29, 0.717) is 36.7 Å². The van der Waals surface area contributed by atoms with E-state index in [0.717, 1.165) is 0 Å². The second-order valence-corrected chi connectivity index (χ2v) is 7.74. The highest BCUT2D eigenvalue weighted by Gasteiger charge is 2.30. The topological polar surface area (TPSA) is 149 Å². The van der Waals surface area contributed by atoms with Crippen molar-refractivity contribution in [2.45, 2.75) is 18.6 Å². The average Bonchev–Trinajstić information content (AvgIpc) is 3.26. The molecule has 1 aliphatic rings. The van der Waals surface area contributed by atoms with Gasteiger partial charge >= 0.3 is 0 Å². The molecular formula is C22H28N6O6. The SMILES string of the molecule is C=CC(=O)NC1COCC1Nc1ncc(CN(C)c2cc(O)c(O)c(OC)c2)c(N(C)C=O)n1. The summed E-state index contributed by atoms with van der Waals surface area (Å²) in [7, 11) is 4.73. The summed E-state index contributed by atoms with van der Waals surface area (Å²) >= 11 is 0. The van der Waals surface area contributed by atoms with E-state index in [2.05, 4.69) is 27.2 Å². The van der Waals surface area contributed by atoms with Gasteiger partial charge in [0.25, 0.3) is 0 Å². The molecular weight excluding hydrogens is 444 g/mol. The van der Waals surface area contributed by atoms with Crippen molar-refractivity contribution in [3.8, 4) is 17.2 Å². The summed E-state index contributed by atoms with van der Waals surface area (Å²) in [6.07, 6.45) is 3.42. The van der Waals surface area contributed by atoms with Gasteiger partial charge in [0.05, 0.1) is 32.4 Å². The molecule has 0 bridgehead atoms. The molecule has 12 nitrogen and oxygen atoms in total. The van der Waals surface area contributed by atoms with Crippen LogP contribution in [0.2, 0.25) is 0 Å². The van der Waals surface area contributed by atoms with Gasteiger partial charge in [0.1, 0.15) is 5.82 Å².